The van der Waals surface area contributed by atoms with Crippen molar-refractivity contribution in [3.8, 4) is 0 Å². The third kappa shape index (κ3) is 3.98. The van der Waals surface area contributed by atoms with Crippen molar-refractivity contribution in [2.45, 2.75) is 37.0 Å². The molecule has 96 valence electrons. The standard InChI is InChI=1S/C13H20FNOS/c1-13(2,3)12(15)11(8-16)17-10-7-5-4-6-9(10)14/h4-7,11-12,16H,8,15H2,1-3H3. The molecule has 1 rings (SSSR count). The van der Waals surface area contributed by atoms with Gasteiger partial charge in [-0.25, -0.2) is 4.39 Å². The van der Waals surface area contributed by atoms with Crippen LogP contribution >= 0.6 is 11.8 Å². The Balaban J connectivity index is 2.81. The molecule has 0 spiro atoms. The van der Waals surface area contributed by atoms with Gasteiger partial charge in [-0.15, -0.1) is 11.8 Å². The highest BCUT2D eigenvalue weighted by atomic mass is 32.2. The van der Waals surface area contributed by atoms with Gasteiger partial charge in [-0.1, -0.05) is 32.9 Å². The summed E-state index contributed by atoms with van der Waals surface area (Å²) in [6.07, 6.45) is 0. The summed E-state index contributed by atoms with van der Waals surface area (Å²) in [5, 5.41) is 9.19. The third-order valence-corrected chi connectivity index (χ3v) is 4.03. The van der Waals surface area contributed by atoms with E-state index in [1.807, 2.05) is 20.8 Å². The van der Waals surface area contributed by atoms with Gasteiger partial charge in [0.2, 0.25) is 0 Å². The van der Waals surface area contributed by atoms with Crippen molar-refractivity contribution in [3.63, 3.8) is 0 Å². The predicted octanol–water partition coefficient (Wildman–Crippen LogP) is 2.65. The Labute approximate surface area is 106 Å². The molecule has 0 heterocycles. The minimum atomic E-state index is -0.267. The van der Waals surface area contributed by atoms with Gasteiger partial charge in [0.25, 0.3) is 0 Å². The van der Waals surface area contributed by atoms with E-state index in [0.717, 1.165) is 0 Å². The van der Waals surface area contributed by atoms with Crippen molar-refractivity contribution in [1.29, 1.82) is 0 Å². The van der Waals surface area contributed by atoms with Gasteiger partial charge in [0.15, 0.2) is 0 Å². The van der Waals surface area contributed by atoms with Crippen molar-refractivity contribution in [2.24, 2.45) is 11.1 Å². The molecule has 17 heavy (non-hydrogen) atoms. The van der Waals surface area contributed by atoms with E-state index in [-0.39, 0.29) is 29.1 Å². The van der Waals surface area contributed by atoms with Crippen LogP contribution in [0.5, 0.6) is 0 Å². The molecule has 0 bridgehead atoms. The van der Waals surface area contributed by atoms with E-state index in [9.17, 15) is 9.50 Å². The van der Waals surface area contributed by atoms with Gasteiger partial charge >= 0.3 is 0 Å². The molecule has 0 radical (unpaired) electrons. The van der Waals surface area contributed by atoms with Gasteiger partial charge in [-0.05, 0) is 17.5 Å². The summed E-state index contributed by atoms with van der Waals surface area (Å²) in [5.74, 6) is -0.267. The van der Waals surface area contributed by atoms with Gasteiger partial charge in [-0.3, -0.25) is 0 Å². The first kappa shape index (κ1) is 14.5. The maximum absolute atomic E-state index is 13.5. The van der Waals surface area contributed by atoms with Crippen molar-refractivity contribution >= 4 is 11.8 Å². The predicted molar refractivity (Wildman–Crippen MR) is 70.6 cm³/mol. The highest BCUT2D eigenvalue weighted by Crippen LogP contribution is 2.32. The van der Waals surface area contributed by atoms with Gasteiger partial charge in [0.1, 0.15) is 5.82 Å². The number of halogens is 1. The maximum Gasteiger partial charge on any atom is 0.136 e. The second-order valence-electron chi connectivity index (χ2n) is 5.16. The topological polar surface area (TPSA) is 46.2 Å². The summed E-state index contributed by atoms with van der Waals surface area (Å²) in [4.78, 5) is 0.534. The van der Waals surface area contributed by atoms with E-state index in [1.54, 1.807) is 18.2 Å². The Hall–Kier alpha value is -0.580. The fourth-order valence-corrected chi connectivity index (χ4v) is 2.78. The Kier molecular flexibility index (Phi) is 4.98. The molecule has 3 N–H and O–H groups in total. The van der Waals surface area contributed by atoms with Crippen LogP contribution in [-0.4, -0.2) is 23.0 Å². The van der Waals surface area contributed by atoms with E-state index in [2.05, 4.69) is 0 Å². The molecule has 4 heteroatoms. The zero-order valence-electron chi connectivity index (χ0n) is 10.5. The lowest BCUT2D eigenvalue weighted by molar-refractivity contribution is 0.233. The quantitative estimate of drug-likeness (QED) is 0.815. The van der Waals surface area contributed by atoms with Crippen LogP contribution in [0.25, 0.3) is 0 Å². The Morgan fingerprint density at radius 2 is 1.94 bits per heavy atom. The number of benzene rings is 1. The molecule has 2 nitrogen and oxygen atoms in total. The summed E-state index contributed by atoms with van der Waals surface area (Å²) >= 11 is 1.30. The summed E-state index contributed by atoms with van der Waals surface area (Å²) in [5.41, 5.74) is 5.98. The van der Waals surface area contributed by atoms with E-state index in [4.69, 9.17) is 5.73 Å². The highest BCUT2D eigenvalue weighted by Gasteiger charge is 2.29. The number of hydrogen-bond acceptors (Lipinski definition) is 3. The maximum atomic E-state index is 13.5. The first-order valence-corrected chi connectivity index (χ1v) is 6.52. The number of nitrogens with two attached hydrogens (primary N) is 1. The van der Waals surface area contributed by atoms with Crippen LogP contribution in [0.1, 0.15) is 20.8 Å². The third-order valence-electron chi connectivity index (χ3n) is 2.70. The van der Waals surface area contributed by atoms with Crippen molar-refractivity contribution in [1.82, 2.24) is 0 Å². The van der Waals surface area contributed by atoms with Crippen molar-refractivity contribution < 1.29 is 9.50 Å². The molecule has 2 unspecified atom stereocenters. The number of hydrogen-bond donors (Lipinski definition) is 2. The number of thioether (sulfide) groups is 1. The second-order valence-corrected chi connectivity index (χ2v) is 6.44. The second kappa shape index (κ2) is 5.85. The molecule has 0 fully saturated rings. The molecule has 1 aromatic carbocycles. The highest BCUT2D eigenvalue weighted by molar-refractivity contribution is 8.00. The van der Waals surface area contributed by atoms with E-state index < -0.39 is 0 Å². The number of rotatable bonds is 4. The Morgan fingerprint density at radius 1 is 1.35 bits per heavy atom. The smallest absolute Gasteiger partial charge is 0.136 e. The monoisotopic (exact) mass is 257 g/mol. The SMILES string of the molecule is CC(C)(C)C(N)C(CO)Sc1ccccc1F. The lowest BCUT2D eigenvalue weighted by atomic mass is 9.85. The first-order chi connectivity index (χ1) is 7.86. The molecule has 0 saturated heterocycles. The fourth-order valence-electron chi connectivity index (χ4n) is 1.49. The first-order valence-electron chi connectivity index (χ1n) is 5.64. The molecule has 2 atom stereocenters. The lowest BCUT2D eigenvalue weighted by Gasteiger charge is -2.32. The van der Waals surface area contributed by atoms with Gasteiger partial charge in [0, 0.05) is 16.2 Å². The largest absolute Gasteiger partial charge is 0.395 e. The lowest BCUT2D eigenvalue weighted by Crippen LogP contribution is -2.45. The van der Waals surface area contributed by atoms with Crippen LogP contribution in [0, 0.1) is 11.2 Å². The van der Waals surface area contributed by atoms with E-state index in [0.29, 0.717) is 4.90 Å². The molecule has 0 aliphatic rings. The van der Waals surface area contributed by atoms with Gasteiger partial charge < -0.3 is 10.8 Å². The molecule has 0 saturated carbocycles. The normalized spacial score (nSPS) is 15.6. The molecular formula is C13H20FNOS. The minimum absolute atomic E-state index is 0.0581. The van der Waals surface area contributed by atoms with Crippen LogP contribution < -0.4 is 5.73 Å². The van der Waals surface area contributed by atoms with Crippen molar-refractivity contribution in [2.75, 3.05) is 6.61 Å². The molecule has 0 aliphatic heterocycles. The molecule has 1 aromatic rings. The summed E-state index contributed by atoms with van der Waals surface area (Å²) < 4.78 is 13.5. The number of aliphatic hydroxyl groups excluding tert-OH is 1. The van der Waals surface area contributed by atoms with Gasteiger partial charge in [-0.2, -0.15) is 0 Å². The van der Waals surface area contributed by atoms with E-state index >= 15 is 0 Å². The van der Waals surface area contributed by atoms with Crippen LogP contribution in [-0.2, 0) is 0 Å². The Morgan fingerprint density at radius 3 is 2.41 bits per heavy atom. The Bertz CT molecular complexity index is 365. The van der Waals surface area contributed by atoms with E-state index in [1.165, 1.54) is 17.8 Å². The summed E-state index contributed by atoms with van der Waals surface area (Å²) in [7, 11) is 0. The summed E-state index contributed by atoms with van der Waals surface area (Å²) in [6, 6.07) is 6.36. The average molecular weight is 257 g/mol. The van der Waals surface area contributed by atoms with Crippen LogP contribution in [0.15, 0.2) is 29.2 Å². The molecule has 0 amide bonds. The van der Waals surface area contributed by atoms with Crippen LogP contribution in [0.3, 0.4) is 0 Å². The molecular weight excluding hydrogens is 237 g/mol. The van der Waals surface area contributed by atoms with Crippen LogP contribution in [0.2, 0.25) is 0 Å². The van der Waals surface area contributed by atoms with Gasteiger partial charge in [0.05, 0.1) is 6.61 Å². The zero-order valence-corrected chi connectivity index (χ0v) is 11.3. The minimum Gasteiger partial charge on any atom is -0.395 e. The van der Waals surface area contributed by atoms with Crippen molar-refractivity contribution in [3.05, 3.63) is 30.1 Å². The molecule has 0 aromatic heterocycles. The zero-order chi connectivity index (χ0) is 13.1. The number of aliphatic hydroxyl groups is 1. The summed E-state index contributed by atoms with van der Waals surface area (Å²) in [6.45, 7) is 5.99. The van der Waals surface area contributed by atoms with Crippen LogP contribution in [0.4, 0.5) is 4.39 Å². The molecule has 0 aliphatic carbocycles. The fraction of sp³-hybridized carbons (Fsp3) is 0.538. The average Bonchev–Trinajstić information content (AvgIpc) is 2.26.